The Bertz CT molecular complexity index is 590. The third-order valence-electron chi connectivity index (χ3n) is 2.79. The van der Waals surface area contributed by atoms with Gasteiger partial charge >= 0.3 is 6.09 Å². The van der Waals surface area contributed by atoms with E-state index in [4.69, 9.17) is 0 Å². The molecule has 1 heterocycles. The molecule has 96 valence electrons. The van der Waals surface area contributed by atoms with E-state index in [0.717, 1.165) is 10.2 Å². The molecule has 0 fully saturated rings. The average molecular weight is 264 g/mol. The summed E-state index contributed by atoms with van der Waals surface area (Å²) in [5.74, 6) is 0.404. The van der Waals surface area contributed by atoms with Crippen molar-refractivity contribution in [2.75, 3.05) is 12.4 Å². The van der Waals surface area contributed by atoms with Crippen molar-refractivity contribution in [3.05, 3.63) is 23.3 Å². The van der Waals surface area contributed by atoms with Gasteiger partial charge in [0.2, 0.25) is 0 Å². The Morgan fingerprint density at radius 2 is 2.17 bits per heavy atom. The number of thiazole rings is 1. The van der Waals surface area contributed by atoms with Crippen molar-refractivity contribution in [2.24, 2.45) is 0 Å². The predicted molar refractivity (Wildman–Crippen MR) is 74.5 cm³/mol. The van der Waals surface area contributed by atoms with Crippen molar-refractivity contribution < 1.29 is 9.53 Å². The van der Waals surface area contributed by atoms with Gasteiger partial charge in [-0.05, 0) is 24.0 Å². The van der Waals surface area contributed by atoms with Crippen LogP contribution in [0.5, 0.6) is 0 Å². The van der Waals surface area contributed by atoms with E-state index in [1.807, 2.05) is 6.92 Å². The summed E-state index contributed by atoms with van der Waals surface area (Å²) in [5.41, 5.74) is 3.34. The third kappa shape index (κ3) is 2.31. The summed E-state index contributed by atoms with van der Waals surface area (Å²) in [6, 6.07) is 4.20. The zero-order chi connectivity index (χ0) is 13.3. The Kier molecular flexibility index (Phi) is 3.52. The fourth-order valence-electron chi connectivity index (χ4n) is 1.81. The number of anilines is 1. The van der Waals surface area contributed by atoms with E-state index >= 15 is 0 Å². The number of amides is 1. The van der Waals surface area contributed by atoms with Gasteiger partial charge in [0.25, 0.3) is 0 Å². The SMILES string of the molecule is COC(=O)Nc1nc2c(C(C)C)ccc(C)c2s1. The van der Waals surface area contributed by atoms with E-state index in [1.54, 1.807) is 0 Å². The molecule has 0 saturated heterocycles. The summed E-state index contributed by atoms with van der Waals surface area (Å²) in [6.07, 6.45) is -0.488. The molecule has 1 amide bonds. The van der Waals surface area contributed by atoms with E-state index in [2.05, 4.69) is 41.0 Å². The number of ether oxygens (including phenoxy) is 1. The Balaban J connectivity index is 2.52. The van der Waals surface area contributed by atoms with Crippen molar-refractivity contribution in [3.63, 3.8) is 0 Å². The quantitative estimate of drug-likeness (QED) is 0.894. The van der Waals surface area contributed by atoms with Gasteiger partial charge in [-0.2, -0.15) is 0 Å². The monoisotopic (exact) mass is 264 g/mol. The zero-order valence-electron chi connectivity index (χ0n) is 10.9. The standard InChI is InChI=1S/C13H16N2O2S/c1-7(2)9-6-5-8(3)11-10(9)14-12(18-11)15-13(16)17-4/h5-7H,1-4H3,(H,14,15,16). The Labute approximate surface area is 110 Å². The second-order valence-electron chi connectivity index (χ2n) is 4.44. The van der Waals surface area contributed by atoms with Crippen LogP contribution in [0.4, 0.5) is 9.93 Å². The first-order valence-corrected chi connectivity index (χ1v) is 6.59. The van der Waals surface area contributed by atoms with Crippen LogP contribution in [0.25, 0.3) is 10.2 Å². The fraction of sp³-hybridized carbons (Fsp3) is 0.385. The van der Waals surface area contributed by atoms with Gasteiger partial charge in [0.1, 0.15) is 0 Å². The molecule has 4 nitrogen and oxygen atoms in total. The van der Waals surface area contributed by atoms with Crippen molar-refractivity contribution in [1.82, 2.24) is 4.98 Å². The van der Waals surface area contributed by atoms with Crippen LogP contribution in [0.2, 0.25) is 0 Å². The number of benzene rings is 1. The first-order valence-electron chi connectivity index (χ1n) is 5.78. The molecule has 0 saturated carbocycles. The lowest BCUT2D eigenvalue weighted by molar-refractivity contribution is 0.187. The average Bonchev–Trinajstić information content (AvgIpc) is 2.73. The number of nitrogens with one attached hydrogen (secondary N) is 1. The van der Waals surface area contributed by atoms with Gasteiger partial charge in [0.15, 0.2) is 5.13 Å². The smallest absolute Gasteiger partial charge is 0.413 e. The molecule has 0 aliphatic rings. The summed E-state index contributed by atoms with van der Waals surface area (Å²) >= 11 is 1.48. The van der Waals surface area contributed by atoms with E-state index in [9.17, 15) is 4.79 Å². The van der Waals surface area contributed by atoms with Crippen LogP contribution >= 0.6 is 11.3 Å². The Morgan fingerprint density at radius 1 is 1.44 bits per heavy atom. The number of rotatable bonds is 2. The van der Waals surface area contributed by atoms with Crippen molar-refractivity contribution in [3.8, 4) is 0 Å². The minimum atomic E-state index is -0.488. The Morgan fingerprint density at radius 3 is 2.78 bits per heavy atom. The summed E-state index contributed by atoms with van der Waals surface area (Å²) < 4.78 is 5.69. The number of nitrogens with zero attached hydrogens (tertiary/aromatic N) is 1. The second kappa shape index (κ2) is 4.94. The molecule has 1 aromatic heterocycles. The molecule has 5 heteroatoms. The number of methoxy groups -OCH3 is 1. The van der Waals surface area contributed by atoms with E-state index < -0.39 is 6.09 Å². The van der Waals surface area contributed by atoms with Gasteiger partial charge in [-0.15, -0.1) is 0 Å². The maximum Gasteiger partial charge on any atom is 0.413 e. The number of fused-ring (bicyclic) bond motifs is 1. The third-order valence-corrected chi connectivity index (χ3v) is 3.89. The fourth-order valence-corrected chi connectivity index (χ4v) is 2.76. The van der Waals surface area contributed by atoms with Gasteiger partial charge in [-0.1, -0.05) is 37.3 Å². The largest absolute Gasteiger partial charge is 0.453 e. The number of aryl methyl sites for hydroxylation is 1. The molecule has 1 N–H and O–H groups in total. The van der Waals surface area contributed by atoms with Crippen LogP contribution in [0.15, 0.2) is 12.1 Å². The number of aromatic nitrogens is 1. The highest BCUT2D eigenvalue weighted by Crippen LogP contribution is 2.33. The van der Waals surface area contributed by atoms with Gasteiger partial charge in [-0.25, -0.2) is 9.78 Å². The molecule has 0 radical (unpaired) electrons. The molecule has 0 spiro atoms. The first kappa shape index (κ1) is 12.8. The van der Waals surface area contributed by atoms with Crippen LogP contribution in [0.1, 0.15) is 30.9 Å². The normalized spacial score (nSPS) is 10.9. The van der Waals surface area contributed by atoms with Crippen LogP contribution in [-0.2, 0) is 4.74 Å². The molecule has 0 aliphatic heterocycles. The molecule has 2 rings (SSSR count). The van der Waals surface area contributed by atoms with Crippen molar-refractivity contribution >= 4 is 32.8 Å². The summed E-state index contributed by atoms with van der Waals surface area (Å²) in [5, 5.41) is 3.20. The molecule has 0 unspecified atom stereocenters. The highest BCUT2D eigenvalue weighted by atomic mass is 32.1. The highest BCUT2D eigenvalue weighted by Gasteiger charge is 2.14. The molecule has 0 atom stereocenters. The second-order valence-corrected chi connectivity index (χ2v) is 5.44. The zero-order valence-corrected chi connectivity index (χ0v) is 11.7. The lowest BCUT2D eigenvalue weighted by atomic mass is 10.0. The highest BCUT2D eigenvalue weighted by molar-refractivity contribution is 7.22. The molecule has 0 bridgehead atoms. The van der Waals surface area contributed by atoms with E-state index in [-0.39, 0.29) is 0 Å². The molecule has 18 heavy (non-hydrogen) atoms. The van der Waals surface area contributed by atoms with E-state index in [0.29, 0.717) is 11.0 Å². The Hall–Kier alpha value is -1.62. The maximum atomic E-state index is 11.2. The topological polar surface area (TPSA) is 51.2 Å². The minimum Gasteiger partial charge on any atom is -0.453 e. The number of hydrogen-bond donors (Lipinski definition) is 1. The number of carbonyl (C=O) groups excluding carboxylic acids is 1. The van der Waals surface area contributed by atoms with Crippen LogP contribution in [-0.4, -0.2) is 18.2 Å². The first-order chi connectivity index (χ1) is 8.52. The molecule has 1 aromatic carbocycles. The van der Waals surface area contributed by atoms with Gasteiger partial charge in [0.05, 0.1) is 17.3 Å². The van der Waals surface area contributed by atoms with Crippen LogP contribution < -0.4 is 5.32 Å². The summed E-state index contributed by atoms with van der Waals surface area (Å²) in [7, 11) is 1.34. The lowest BCUT2D eigenvalue weighted by Crippen LogP contribution is -2.10. The van der Waals surface area contributed by atoms with Crippen LogP contribution in [0, 0.1) is 6.92 Å². The van der Waals surface area contributed by atoms with Gasteiger partial charge < -0.3 is 4.74 Å². The molecular weight excluding hydrogens is 248 g/mol. The number of carbonyl (C=O) groups is 1. The van der Waals surface area contributed by atoms with Gasteiger partial charge in [0, 0.05) is 0 Å². The van der Waals surface area contributed by atoms with E-state index in [1.165, 1.54) is 29.6 Å². The predicted octanol–water partition coefficient (Wildman–Crippen LogP) is 3.91. The lowest BCUT2D eigenvalue weighted by Gasteiger charge is -2.06. The summed E-state index contributed by atoms with van der Waals surface area (Å²) in [6.45, 7) is 6.32. The molecule has 0 aliphatic carbocycles. The van der Waals surface area contributed by atoms with Crippen molar-refractivity contribution in [1.29, 1.82) is 0 Å². The molecule has 2 aromatic rings. The molecular formula is C13H16N2O2S. The minimum absolute atomic E-state index is 0.404. The van der Waals surface area contributed by atoms with Crippen molar-refractivity contribution in [2.45, 2.75) is 26.7 Å². The number of hydrogen-bond acceptors (Lipinski definition) is 4. The summed E-state index contributed by atoms with van der Waals surface area (Å²) in [4.78, 5) is 15.7. The van der Waals surface area contributed by atoms with Crippen LogP contribution in [0.3, 0.4) is 0 Å². The maximum absolute atomic E-state index is 11.2. The van der Waals surface area contributed by atoms with Gasteiger partial charge in [-0.3, -0.25) is 5.32 Å².